The highest BCUT2D eigenvalue weighted by atomic mass is 16.5. The van der Waals surface area contributed by atoms with Crippen molar-refractivity contribution in [1.82, 2.24) is 31.5 Å². The number of phenols is 1. The molecule has 0 aliphatic carbocycles. The van der Waals surface area contributed by atoms with E-state index in [-0.39, 0.29) is 37.0 Å². The van der Waals surface area contributed by atoms with Gasteiger partial charge in [0, 0.05) is 13.0 Å². The van der Waals surface area contributed by atoms with Crippen molar-refractivity contribution < 1.29 is 48.5 Å². The number of aromatic hydroxyl groups is 1. The van der Waals surface area contributed by atoms with Crippen LogP contribution in [0.4, 0.5) is 0 Å². The van der Waals surface area contributed by atoms with Gasteiger partial charge in [0.25, 0.3) is 5.91 Å². The Morgan fingerprint density at radius 1 is 0.898 bits per heavy atom. The van der Waals surface area contributed by atoms with E-state index in [4.69, 9.17) is 16.2 Å². The summed E-state index contributed by atoms with van der Waals surface area (Å²) >= 11 is 0. The van der Waals surface area contributed by atoms with E-state index in [0.717, 1.165) is 0 Å². The fourth-order valence-corrected chi connectivity index (χ4v) is 7.16. The Bertz CT molecular complexity index is 1810. The first-order valence-electron chi connectivity index (χ1n) is 20.0. The van der Waals surface area contributed by atoms with E-state index in [1.54, 1.807) is 55.1 Å². The molecule has 3 aliphatic heterocycles. The highest BCUT2D eigenvalue weighted by molar-refractivity contribution is 5.95. The highest BCUT2D eigenvalue weighted by Crippen LogP contribution is 2.22. The van der Waals surface area contributed by atoms with Crippen molar-refractivity contribution >= 4 is 41.4 Å². The zero-order valence-electron chi connectivity index (χ0n) is 33.9. The maximum atomic E-state index is 13.9. The van der Waals surface area contributed by atoms with Crippen LogP contribution >= 0.6 is 0 Å². The third kappa shape index (κ3) is 13.4. The number of nitrogens with one attached hydrogen (secondary N) is 5. The summed E-state index contributed by atoms with van der Waals surface area (Å²) < 4.78 is 5.67. The van der Waals surface area contributed by atoms with Gasteiger partial charge in [0.1, 0.15) is 35.7 Å². The van der Waals surface area contributed by atoms with E-state index < -0.39 is 96.7 Å². The molecule has 0 aromatic heterocycles. The standard InChI is InChI=1S/C41H58N8O10/c1-5-23(4)36(41(58)47-35(22(2)3)37(43)54)48-40(57)31-7-6-16-49(31)20-32(51)28-17-25-10-14-27(15-11-25)59-21-34(53)44-29(18-24-8-12-26(50)13-9-24)38(55)46-30(19-33(42)52)39(56)45-28/h8-15,22-23,28-32,35-36,50-51H,5-7,16-21H2,1-4H3,(H2,42,52)(H2,43,54)(H,44,53)(H,45,56)(H,46,55)(H,47,58)(H,48,57)/t23?,28-,29-,30-,31-,32-,35-,36?/m0/s1. The number of phenolic OH excluding ortho intramolecular Hbond substituents is 1. The summed E-state index contributed by atoms with van der Waals surface area (Å²) in [6, 6.07) is 6.24. The number of carbonyl (C=O) groups is 7. The normalized spacial score (nSPS) is 22.5. The Hall–Kier alpha value is -5.75. The summed E-state index contributed by atoms with van der Waals surface area (Å²) in [4.78, 5) is 93.9. The number of fused-ring (bicyclic) bond motifs is 13. The lowest BCUT2D eigenvalue weighted by Crippen LogP contribution is -2.60. The quantitative estimate of drug-likeness (QED) is 0.0971. The van der Waals surface area contributed by atoms with Crippen molar-refractivity contribution in [3.8, 4) is 11.5 Å². The van der Waals surface area contributed by atoms with Gasteiger partial charge < -0.3 is 53.0 Å². The average Bonchev–Trinajstić information content (AvgIpc) is 3.65. The van der Waals surface area contributed by atoms with Gasteiger partial charge in [-0.25, -0.2) is 0 Å². The van der Waals surface area contributed by atoms with Crippen LogP contribution in [0.5, 0.6) is 11.5 Å². The second-order valence-electron chi connectivity index (χ2n) is 15.7. The smallest absolute Gasteiger partial charge is 0.258 e. The number of aliphatic hydroxyl groups excluding tert-OH is 1. The minimum atomic E-state index is -1.50. The molecular formula is C41H58N8O10. The molecular weight excluding hydrogens is 764 g/mol. The third-order valence-corrected chi connectivity index (χ3v) is 10.8. The van der Waals surface area contributed by atoms with E-state index >= 15 is 0 Å². The van der Waals surface area contributed by atoms with Crippen LogP contribution in [0.2, 0.25) is 0 Å². The number of nitrogens with two attached hydrogens (primary N) is 2. The molecule has 18 nitrogen and oxygen atoms in total. The first kappa shape index (κ1) is 45.9. The molecule has 2 aromatic rings. The Labute approximate surface area is 343 Å². The molecule has 5 rings (SSSR count). The maximum absolute atomic E-state index is 13.9. The lowest BCUT2D eigenvalue weighted by molar-refractivity contribution is -0.135. The second-order valence-corrected chi connectivity index (χ2v) is 15.7. The Balaban J connectivity index is 1.57. The SMILES string of the molecule is CCC(C)C(NC(=O)[C@@H]1CCCN1C[C@H](O)[C@@H]1Cc2ccc(cc2)OCC(=O)N[C@@H](Cc2ccc(O)cc2)C(=O)N[C@@H](CC(N)=O)C(=O)N1)C(=O)N[C@H](C(N)=O)C(C)C. The zero-order valence-corrected chi connectivity index (χ0v) is 33.9. The van der Waals surface area contributed by atoms with E-state index in [9.17, 15) is 43.8 Å². The van der Waals surface area contributed by atoms with Crippen LogP contribution in [0.15, 0.2) is 48.5 Å². The molecule has 59 heavy (non-hydrogen) atoms. The first-order valence-corrected chi connectivity index (χ1v) is 20.0. The van der Waals surface area contributed by atoms with Crippen LogP contribution in [0.1, 0.15) is 64.5 Å². The number of carbonyl (C=O) groups excluding carboxylic acids is 7. The summed E-state index contributed by atoms with van der Waals surface area (Å²) in [5, 5.41) is 35.0. The fraction of sp³-hybridized carbons (Fsp3) is 0.537. The van der Waals surface area contributed by atoms with Gasteiger partial charge in [-0.3, -0.25) is 38.5 Å². The van der Waals surface area contributed by atoms with Crippen LogP contribution in [-0.4, -0.2) is 119 Å². The number of nitrogens with zero attached hydrogens (tertiary/aromatic N) is 1. The Morgan fingerprint density at radius 3 is 2.17 bits per heavy atom. The number of hydrogen-bond donors (Lipinski definition) is 9. The predicted octanol–water partition coefficient (Wildman–Crippen LogP) is -1.12. The van der Waals surface area contributed by atoms with Crippen molar-refractivity contribution in [2.45, 2.75) is 109 Å². The number of primary amides is 2. The number of aliphatic hydroxyl groups is 1. The second kappa shape index (κ2) is 21.3. The molecule has 3 aliphatic rings. The van der Waals surface area contributed by atoms with Gasteiger partial charge in [-0.1, -0.05) is 58.4 Å². The lowest BCUT2D eigenvalue weighted by atomic mass is 9.96. The molecule has 1 fully saturated rings. The van der Waals surface area contributed by atoms with Gasteiger partial charge in [-0.05, 0) is 73.0 Å². The molecule has 2 unspecified atom stereocenters. The molecule has 2 bridgehead atoms. The van der Waals surface area contributed by atoms with E-state index in [1.807, 2.05) is 13.8 Å². The predicted molar refractivity (Wildman–Crippen MR) is 215 cm³/mol. The molecule has 1 saturated heterocycles. The molecule has 8 atom stereocenters. The molecule has 0 spiro atoms. The first-order chi connectivity index (χ1) is 27.9. The monoisotopic (exact) mass is 822 g/mol. The number of likely N-dealkylation sites (tertiary alicyclic amines) is 1. The Morgan fingerprint density at radius 2 is 1.56 bits per heavy atom. The van der Waals surface area contributed by atoms with Crippen LogP contribution in [0.3, 0.4) is 0 Å². The summed E-state index contributed by atoms with van der Waals surface area (Å²) in [6.45, 7) is 7.10. The lowest BCUT2D eigenvalue weighted by Gasteiger charge is -2.33. The summed E-state index contributed by atoms with van der Waals surface area (Å²) in [7, 11) is 0. The number of benzene rings is 2. The number of β-amino-alcohol motifs (C(OH)–C–C–N with tert-alkyl or cyclic N) is 1. The van der Waals surface area contributed by atoms with Gasteiger partial charge in [0.05, 0.1) is 24.6 Å². The molecule has 7 amide bonds. The van der Waals surface area contributed by atoms with Gasteiger partial charge in [0.15, 0.2) is 6.61 Å². The Kier molecular flexibility index (Phi) is 16.6. The highest BCUT2D eigenvalue weighted by Gasteiger charge is 2.38. The van der Waals surface area contributed by atoms with Crippen molar-refractivity contribution in [1.29, 1.82) is 0 Å². The molecule has 0 radical (unpaired) electrons. The van der Waals surface area contributed by atoms with Gasteiger partial charge in [-0.2, -0.15) is 0 Å². The number of ether oxygens (including phenoxy) is 1. The minimum absolute atomic E-state index is 0.00379. The van der Waals surface area contributed by atoms with E-state index in [0.29, 0.717) is 42.7 Å². The van der Waals surface area contributed by atoms with Crippen molar-refractivity contribution in [2.24, 2.45) is 23.3 Å². The molecule has 18 heteroatoms. The zero-order chi connectivity index (χ0) is 43.4. The van der Waals surface area contributed by atoms with Crippen molar-refractivity contribution in [3.63, 3.8) is 0 Å². The summed E-state index contributed by atoms with van der Waals surface area (Å²) in [5.74, 6) is -5.04. The van der Waals surface area contributed by atoms with Crippen molar-refractivity contribution in [3.05, 3.63) is 59.7 Å². The van der Waals surface area contributed by atoms with Crippen LogP contribution in [0.25, 0.3) is 0 Å². The number of hydrogen-bond acceptors (Lipinski definition) is 11. The molecule has 11 N–H and O–H groups in total. The van der Waals surface area contributed by atoms with Crippen molar-refractivity contribution in [2.75, 3.05) is 19.7 Å². The van der Waals surface area contributed by atoms with Gasteiger partial charge >= 0.3 is 0 Å². The summed E-state index contributed by atoms with van der Waals surface area (Å²) in [6.07, 6.45) is -0.275. The van der Waals surface area contributed by atoms with Crippen LogP contribution < -0.4 is 42.8 Å². The molecule has 0 saturated carbocycles. The maximum Gasteiger partial charge on any atom is 0.258 e. The minimum Gasteiger partial charge on any atom is -0.508 e. The summed E-state index contributed by atoms with van der Waals surface area (Å²) in [5.41, 5.74) is 12.3. The van der Waals surface area contributed by atoms with E-state index in [2.05, 4.69) is 26.6 Å². The largest absolute Gasteiger partial charge is 0.508 e. The van der Waals surface area contributed by atoms with Gasteiger partial charge in [-0.15, -0.1) is 0 Å². The topological polar surface area (TPSA) is 285 Å². The average molecular weight is 823 g/mol. The number of amides is 7. The van der Waals surface area contributed by atoms with Gasteiger partial charge in [0.2, 0.25) is 35.4 Å². The molecule has 3 heterocycles. The van der Waals surface area contributed by atoms with Crippen LogP contribution in [0, 0.1) is 11.8 Å². The van der Waals surface area contributed by atoms with Crippen LogP contribution in [-0.2, 0) is 46.4 Å². The van der Waals surface area contributed by atoms with E-state index in [1.165, 1.54) is 12.1 Å². The fourth-order valence-electron chi connectivity index (χ4n) is 7.16. The molecule has 2 aromatic carbocycles. The molecule has 322 valence electrons. The third-order valence-electron chi connectivity index (χ3n) is 10.8. The number of rotatable bonds is 15.